The SMILES string of the molecule is CCCN(CC(=O)OC)C(=NC#N)SC. The largest absolute Gasteiger partial charge is 0.468 e. The van der Waals surface area contributed by atoms with Crippen LogP contribution in [0.3, 0.4) is 0 Å². The number of rotatable bonds is 4. The van der Waals surface area contributed by atoms with Gasteiger partial charge in [-0.05, 0) is 12.7 Å². The highest BCUT2D eigenvalue weighted by atomic mass is 32.2. The topological polar surface area (TPSA) is 65.7 Å². The Morgan fingerprint density at radius 2 is 2.33 bits per heavy atom. The Kier molecular flexibility index (Phi) is 7.46. The fraction of sp³-hybridized carbons (Fsp3) is 0.667. The molecule has 0 saturated heterocycles. The van der Waals surface area contributed by atoms with Crippen molar-refractivity contribution in [1.29, 1.82) is 5.26 Å². The lowest BCUT2D eigenvalue weighted by Gasteiger charge is -2.21. The molecule has 0 saturated carbocycles. The number of carbonyl (C=O) groups is 1. The quantitative estimate of drug-likeness (QED) is 0.312. The van der Waals surface area contributed by atoms with Crippen molar-refractivity contribution in [3.8, 4) is 6.19 Å². The van der Waals surface area contributed by atoms with Crippen LogP contribution in [0.4, 0.5) is 0 Å². The summed E-state index contributed by atoms with van der Waals surface area (Å²) in [6.07, 6.45) is 4.41. The van der Waals surface area contributed by atoms with E-state index in [9.17, 15) is 4.79 Å². The highest BCUT2D eigenvalue weighted by Gasteiger charge is 2.14. The molecule has 0 amide bonds. The van der Waals surface area contributed by atoms with E-state index in [0.29, 0.717) is 11.7 Å². The van der Waals surface area contributed by atoms with Crippen LogP contribution in [0.2, 0.25) is 0 Å². The minimum absolute atomic E-state index is 0.131. The summed E-state index contributed by atoms with van der Waals surface area (Å²) in [5, 5.41) is 9.03. The summed E-state index contributed by atoms with van der Waals surface area (Å²) >= 11 is 1.34. The van der Waals surface area contributed by atoms with Gasteiger partial charge in [0, 0.05) is 6.54 Å². The van der Waals surface area contributed by atoms with Gasteiger partial charge in [0.15, 0.2) is 5.17 Å². The maximum atomic E-state index is 11.1. The minimum Gasteiger partial charge on any atom is -0.468 e. The molecule has 0 aliphatic carbocycles. The Bertz CT molecular complexity index is 273. The van der Waals surface area contributed by atoms with Gasteiger partial charge in [0.25, 0.3) is 0 Å². The third-order valence-corrected chi connectivity index (χ3v) is 2.35. The number of esters is 1. The van der Waals surface area contributed by atoms with Gasteiger partial charge in [-0.1, -0.05) is 18.7 Å². The first kappa shape index (κ1) is 13.8. The molecule has 0 N–H and O–H groups in total. The van der Waals surface area contributed by atoms with Crippen LogP contribution in [0.1, 0.15) is 13.3 Å². The molecule has 6 heteroatoms. The van der Waals surface area contributed by atoms with Gasteiger partial charge in [-0.25, -0.2) is 0 Å². The third-order valence-electron chi connectivity index (χ3n) is 1.64. The minimum atomic E-state index is -0.330. The van der Waals surface area contributed by atoms with Gasteiger partial charge < -0.3 is 9.64 Å². The van der Waals surface area contributed by atoms with Crippen LogP contribution >= 0.6 is 11.8 Å². The van der Waals surface area contributed by atoms with Crippen LogP contribution in [-0.4, -0.2) is 42.5 Å². The Morgan fingerprint density at radius 1 is 1.67 bits per heavy atom. The maximum absolute atomic E-state index is 11.1. The third kappa shape index (κ3) is 5.27. The number of thioether (sulfide) groups is 1. The summed E-state index contributed by atoms with van der Waals surface area (Å²) in [5.41, 5.74) is 0. The monoisotopic (exact) mass is 229 g/mol. The predicted molar refractivity (Wildman–Crippen MR) is 60.4 cm³/mol. The summed E-state index contributed by atoms with van der Waals surface area (Å²) in [6.45, 7) is 2.80. The van der Waals surface area contributed by atoms with Crippen molar-refractivity contribution in [1.82, 2.24) is 4.90 Å². The van der Waals surface area contributed by atoms with E-state index >= 15 is 0 Å². The molecule has 0 bridgehead atoms. The van der Waals surface area contributed by atoms with Crippen molar-refractivity contribution < 1.29 is 9.53 Å². The van der Waals surface area contributed by atoms with Crippen LogP contribution in [0, 0.1) is 11.5 Å². The van der Waals surface area contributed by atoms with Crippen molar-refractivity contribution in [3.63, 3.8) is 0 Å². The van der Waals surface area contributed by atoms with E-state index in [1.54, 1.807) is 11.1 Å². The van der Waals surface area contributed by atoms with E-state index in [1.165, 1.54) is 18.9 Å². The van der Waals surface area contributed by atoms with Crippen molar-refractivity contribution >= 4 is 22.9 Å². The molecule has 0 aliphatic heterocycles. The molecule has 5 nitrogen and oxygen atoms in total. The molecule has 0 aromatic carbocycles. The number of carbonyl (C=O) groups excluding carboxylic acids is 1. The molecule has 0 aromatic heterocycles. The molecule has 15 heavy (non-hydrogen) atoms. The van der Waals surface area contributed by atoms with Gasteiger partial charge in [-0.15, -0.1) is 4.99 Å². The van der Waals surface area contributed by atoms with Crippen molar-refractivity contribution in [2.24, 2.45) is 4.99 Å². The second-order valence-corrected chi connectivity index (χ2v) is 3.47. The van der Waals surface area contributed by atoms with Crippen molar-refractivity contribution in [3.05, 3.63) is 0 Å². The Morgan fingerprint density at radius 3 is 2.73 bits per heavy atom. The number of ether oxygens (including phenoxy) is 1. The first-order chi connectivity index (χ1) is 7.19. The normalized spacial score (nSPS) is 10.7. The molecule has 0 aliphatic rings. The van der Waals surface area contributed by atoms with Gasteiger partial charge in [0.05, 0.1) is 7.11 Å². The highest BCUT2D eigenvalue weighted by Crippen LogP contribution is 2.06. The molecular formula is C9H15N3O2S. The number of hydrogen-bond acceptors (Lipinski definition) is 5. The zero-order valence-corrected chi connectivity index (χ0v) is 10.0. The Hall–Kier alpha value is -1.22. The van der Waals surface area contributed by atoms with E-state index in [0.717, 1.165) is 6.42 Å². The molecule has 0 aromatic rings. The van der Waals surface area contributed by atoms with Gasteiger partial charge in [-0.3, -0.25) is 4.79 Å². The molecule has 0 spiro atoms. The van der Waals surface area contributed by atoms with Crippen LogP contribution in [-0.2, 0) is 9.53 Å². The lowest BCUT2D eigenvalue weighted by molar-refractivity contribution is -0.140. The average molecular weight is 229 g/mol. The summed E-state index contributed by atoms with van der Waals surface area (Å²) in [4.78, 5) is 16.5. The smallest absolute Gasteiger partial charge is 0.325 e. The molecule has 84 valence electrons. The number of amidine groups is 1. The predicted octanol–water partition coefficient (Wildman–Crippen LogP) is 1.07. The molecule has 0 fully saturated rings. The zero-order valence-electron chi connectivity index (χ0n) is 9.19. The van der Waals surface area contributed by atoms with E-state index in [2.05, 4.69) is 9.73 Å². The summed E-state index contributed by atoms with van der Waals surface area (Å²) < 4.78 is 4.57. The van der Waals surface area contributed by atoms with E-state index in [4.69, 9.17) is 5.26 Å². The molecule has 0 rings (SSSR count). The number of hydrogen-bond donors (Lipinski definition) is 0. The molecule has 0 radical (unpaired) electrons. The number of aliphatic imine (C=N–C) groups is 1. The van der Waals surface area contributed by atoms with Crippen LogP contribution < -0.4 is 0 Å². The van der Waals surface area contributed by atoms with Crippen LogP contribution in [0.15, 0.2) is 4.99 Å². The first-order valence-electron chi connectivity index (χ1n) is 4.52. The fourth-order valence-electron chi connectivity index (χ4n) is 1.02. The zero-order chi connectivity index (χ0) is 11.7. The average Bonchev–Trinajstić information content (AvgIpc) is 2.25. The fourth-order valence-corrected chi connectivity index (χ4v) is 1.57. The lowest BCUT2D eigenvalue weighted by atomic mass is 10.4. The molecular weight excluding hydrogens is 214 g/mol. The molecule has 0 atom stereocenters. The van der Waals surface area contributed by atoms with Crippen LogP contribution in [0.25, 0.3) is 0 Å². The second-order valence-electron chi connectivity index (χ2n) is 2.70. The summed E-state index contributed by atoms with van der Waals surface area (Å²) in [6, 6.07) is 0. The van der Waals surface area contributed by atoms with Gasteiger partial charge >= 0.3 is 5.97 Å². The number of nitrogens with zero attached hydrogens (tertiary/aromatic N) is 3. The second kappa shape index (κ2) is 8.12. The molecule has 0 unspecified atom stereocenters. The van der Waals surface area contributed by atoms with Crippen molar-refractivity contribution in [2.75, 3.05) is 26.5 Å². The lowest BCUT2D eigenvalue weighted by Crippen LogP contribution is -2.35. The standard InChI is InChI=1S/C9H15N3O2S/c1-4-5-12(6-8(13)14-2)9(15-3)11-7-10/h4-6H2,1-3H3. The van der Waals surface area contributed by atoms with Crippen LogP contribution in [0.5, 0.6) is 0 Å². The first-order valence-corrected chi connectivity index (χ1v) is 5.74. The van der Waals surface area contributed by atoms with E-state index in [-0.39, 0.29) is 12.5 Å². The van der Waals surface area contributed by atoms with E-state index in [1.807, 2.05) is 13.2 Å². The summed E-state index contributed by atoms with van der Waals surface area (Å²) in [5.74, 6) is -0.330. The van der Waals surface area contributed by atoms with Gasteiger partial charge in [-0.2, -0.15) is 5.26 Å². The Balaban J connectivity index is 4.56. The number of nitriles is 1. The molecule has 0 heterocycles. The number of methoxy groups -OCH3 is 1. The van der Waals surface area contributed by atoms with Gasteiger partial charge in [0.2, 0.25) is 6.19 Å². The van der Waals surface area contributed by atoms with Gasteiger partial charge in [0.1, 0.15) is 6.54 Å². The highest BCUT2D eigenvalue weighted by molar-refractivity contribution is 8.13. The maximum Gasteiger partial charge on any atom is 0.325 e. The van der Waals surface area contributed by atoms with Crippen molar-refractivity contribution in [2.45, 2.75) is 13.3 Å². The Labute approximate surface area is 94.1 Å². The van der Waals surface area contributed by atoms with E-state index < -0.39 is 0 Å². The summed E-state index contributed by atoms with van der Waals surface area (Å²) in [7, 11) is 1.34.